The fourth-order valence-electron chi connectivity index (χ4n) is 4.41. The molecule has 0 aliphatic carbocycles. The van der Waals surface area contributed by atoms with Crippen molar-refractivity contribution in [2.45, 2.75) is 44.7 Å². The molecule has 12 nitrogen and oxygen atoms in total. The first-order valence-electron chi connectivity index (χ1n) is 11.6. The van der Waals surface area contributed by atoms with Crippen LogP contribution in [0.15, 0.2) is 36.5 Å². The molecule has 4 rings (SSSR count). The number of hydrazine groups is 2. The molecule has 2 aliphatic rings. The van der Waals surface area contributed by atoms with Crippen molar-refractivity contribution in [1.29, 1.82) is 0 Å². The van der Waals surface area contributed by atoms with Gasteiger partial charge in [0.1, 0.15) is 23.8 Å². The summed E-state index contributed by atoms with van der Waals surface area (Å²) in [5.41, 5.74) is 2.65. The van der Waals surface area contributed by atoms with Crippen molar-refractivity contribution in [1.82, 2.24) is 30.8 Å². The molecule has 1 aromatic carbocycles. The monoisotopic (exact) mass is 494 g/mol. The zero-order valence-corrected chi connectivity index (χ0v) is 19.7. The molecule has 3 heterocycles. The number of carbonyl (C=O) groups excluding carboxylic acids is 6. The Morgan fingerprint density at radius 3 is 2.69 bits per heavy atom. The Morgan fingerprint density at radius 1 is 1.17 bits per heavy atom. The summed E-state index contributed by atoms with van der Waals surface area (Å²) in [6.45, 7) is 1.43. The molecule has 2 fully saturated rings. The lowest BCUT2D eigenvalue weighted by atomic mass is 10.1. The average Bonchev–Trinajstić information content (AvgIpc) is 2.99. The van der Waals surface area contributed by atoms with Crippen LogP contribution in [0, 0.1) is 0 Å². The van der Waals surface area contributed by atoms with Gasteiger partial charge in [-0.05, 0) is 31.2 Å². The summed E-state index contributed by atoms with van der Waals surface area (Å²) in [6.07, 6.45) is 2.39. The minimum atomic E-state index is -1.10. The zero-order chi connectivity index (χ0) is 25.8. The van der Waals surface area contributed by atoms with Crippen LogP contribution in [0.3, 0.4) is 0 Å². The summed E-state index contributed by atoms with van der Waals surface area (Å²) in [6, 6.07) is 6.02. The minimum Gasteiger partial charge on any atom is -0.344 e. The van der Waals surface area contributed by atoms with Gasteiger partial charge in [0.25, 0.3) is 5.91 Å². The molecule has 188 valence electrons. The number of aromatic nitrogens is 1. The Kier molecular flexibility index (Phi) is 7.23. The lowest BCUT2D eigenvalue weighted by molar-refractivity contribution is -0.155. The van der Waals surface area contributed by atoms with E-state index in [2.05, 4.69) is 15.7 Å². The van der Waals surface area contributed by atoms with E-state index in [4.69, 9.17) is 0 Å². The van der Waals surface area contributed by atoms with Gasteiger partial charge >= 0.3 is 6.03 Å². The second kappa shape index (κ2) is 10.5. The molecule has 0 bridgehead atoms. The van der Waals surface area contributed by atoms with Crippen LogP contribution in [0.2, 0.25) is 0 Å². The van der Waals surface area contributed by atoms with Gasteiger partial charge in [-0.1, -0.05) is 24.3 Å². The van der Waals surface area contributed by atoms with Crippen LogP contribution < -0.4 is 10.7 Å². The van der Waals surface area contributed by atoms with E-state index in [9.17, 15) is 28.8 Å². The number of nitrogens with zero attached hydrogens (tertiary/aromatic N) is 4. The summed E-state index contributed by atoms with van der Waals surface area (Å²) in [7, 11) is 0. The molecule has 1 aromatic heterocycles. The van der Waals surface area contributed by atoms with Gasteiger partial charge in [-0.3, -0.25) is 29.6 Å². The summed E-state index contributed by atoms with van der Waals surface area (Å²) >= 11 is 0. The largest absolute Gasteiger partial charge is 0.358 e. The topological polar surface area (TPSA) is 149 Å². The number of nitrogens with one attached hydrogen (secondary N) is 2. The number of carbonyl (C=O) groups is 6. The molecule has 2 atom stereocenters. The van der Waals surface area contributed by atoms with Crippen LogP contribution in [0.25, 0.3) is 10.8 Å². The summed E-state index contributed by atoms with van der Waals surface area (Å²) in [4.78, 5) is 79.4. The van der Waals surface area contributed by atoms with Gasteiger partial charge in [0.15, 0.2) is 0 Å². The Labute approximate surface area is 206 Å². The maximum Gasteiger partial charge on any atom is 0.358 e. The van der Waals surface area contributed by atoms with Gasteiger partial charge in [0, 0.05) is 31.0 Å². The summed E-state index contributed by atoms with van der Waals surface area (Å²) in [5.74, 6) is -1.96. The second-order valence-electron chi connectivity index (χ2n) is 8.68. The summed E-state index contributed by atoms with van der Waals surface area (Å²) in [5, 5.41) is 7.11. The predicted octanol–water partition coefficient (Wildman–Crippen LogP) is 0.576. The number of aldehydes is 1. The van der Waals surface area contributed by atoms with Crippen molar-refractivity contribution in [3.05, 3.63) is 42.2 Å². The number of fused-ring (bicyclic) bond motifs is 2. The number of hydrogen-bond acceptors (Lipinski definition) is 7. The average molecular weight is 495 g/mol. The standard InChI is InChI=1S/C24H26N6O6/c1-15(32)13-17(14-31)26-22(34)19-7-4-11-29-20(33)9-12-28(24(36)30(19)29)27-23(35)21-18-6-3-2-5-16(18)8-10-25-21/h2-3,5-6,8,10,14,17,19H,4,7,9,11-13H2,1H3,(H,26,34)(H,27,35)/t17-,19-/m0/s1. The predicted molar refractivity (Wildman–Crippen MR) is 126 cm³/mol. The molecule has 0 saturated carbocycles. The number of Topliss-reactive ketones (excluding diaryl/α,β-unsaturated/α-hetero) is 1. The Bertz CT molecular complexity index is 1230. The van der Waals surface area contributed by atoms with Crippen molar-refractivity contribution < 1.29 is 28.8 Å². The maximum absolute atomic E-state index is 13.5. The molecule has 0 spiro atoms. The molecule has 0 unspecified atom stereocenters. The van der Waals surface area contributed by atoms with Crippen LogP contribution in [0.4, 0.5) is 4.79 Å². The zero-order valence-electron chi connectivity index (χ0n) is 19.7. The van der Waals surface area contributed by atoms with E-state index in [1.165, 1.54) is 18.1 Å². The molecule has 2 saturated heterocycles. The van der Waals surface area contributed by atoms with Crippen LogP contribution in [-0.4, -0.2) is 81.0 Å². The Hall–Kier alpha value is -4.35. The maximum atomic E-state index is 13.5. The first kappa shape index (κ1) is 24.8. The van der Waals surface area contributed by atoms with Crippen molar-refractivity contribution in [2.24, 2.45) is 0 Å². The molecule has 2 aromatic rings. The number of urea groups is 1. The molecule has 5 amide bonds. The van der Waals surface area contributed by atoms with E-state index < -0.39 is 29.9 Å². The smallest absolute Gasteiger partial charge is 0.344 e. The highest BCUT2D eigenvalue weighted by Crippen LogP contribution is 2.24. The Morgan fingerprint density at radius 2 is 1.94 bits per heavy atom. The van der Waals surface area contributed by atoms with E-state index in [1.54, 1.807) is 18.2 Å². The molecule has 0 radical (unpaired) electrons. The van der Waals surface area contributed by atoms with Gasteiger partial charge in [-0.15, -0.1) is 0 Å². The van der Waals surface area contributed by atoms with Crippen molar-refractivity contribution >= 4 is 46.6 Å². The molecule has 36 heavy (non-hydrogen) atoms. The lowest BCUT2D eigenvalue weighted by Crippen LogP contribution is -2.64. The van der Waals surface area contributed by atoms with E-state index in [1.807, 2.05) is 12.1 Å². The highest BCUT2D eigenvalue weighted by Gasteiger charge is 2.44. The second-order valence-corrected chi connectivity index (χ2v) is 8.68. The lowest BCUT2D eigenvalue weighted by Gasteiger charge is -2.42. The van der Waals surface area contributed by atoms with Gasteiger partial charge < -0.3 is 10.1 Å². The Balaban J connectivity index is 1.57. The highest BCUT2D eigenvalue weighted by molar-refractivity contribution is 6.05. The molecular formula is C24H26N6O6. The first-order valence-corrected chi connectivity index (χ1v) is 11.6. The van der Waals surface area contributed by atoms with Crippen LogP contribution in [0.1, 0.15) is 43.1 Å². The number of rotatable bonds is 7. The van der Waals surface area contributed by atoms with Gasteiger partial charge in [0.05, 0.1) is 12.6 Å². The number of hydrogen-bond donors (Lipinski definition) is 2. The van der Waals surface area contributed by atoms with E-state index in [0.29, 0.717) is 18.1 Å². The van der Waals surface area contributed by atoms with E-state index in [-0.39, 0.29) is 49.7 Å². The van der Waals surface area contributed by atoms with Crippen LogP contribution in [0.5, 0.6) is 0 Å². The fraction of sp³-hybridized carbons (Fsp3) is 0.375. The third-order valence-electron chi connectivity index (χ3n) is 6.09. The summed E-state index contributed by atoms with van der Waals surface area (Å²) < 4.78 is 0. The fourth-order valence-corrected chi connectivity index (χ4v) is 4.41. The number of amides is 5. The van der Waals surface area contributed by atoms with Crippen molar-refractivity contribution in [3.8, 4) is 0 Å². The molecule has 12 heteroatoms. The van der Waals surface area contributed by atoms with Crippen molar-refractivity contribution in [2.75, 3.05) is 13.1 Å². The van der Waals surface area contributed by atoms with Gasteiger partial charge in [0.2, 0.25) is 11.8 Å². The number of ketones is 1. The third-order valence-corrected chi connectivity index (χ3v) is 6.09. The van der Waals surface area contributed by atoms with Crippen LogP contribution >= 0.6 is 0 Å². The van der Waals surface area contributed by atoms with Gasteiger partial charge in [-0.2, -0.15) is 0 Å². The first-order chi connectivity index (χ1) is 17.3. The van der Waals surface area contributed by atoms with Crippen LogP contribution in [-0.2, 0) is 19.2 Å². The number of pyridine rings is 1. The molecular weight excluding hydrogens is 468 g/mol. The molecule has 2 N–H and O–H groups in total. The molecule has 2 aliphatic heterocycles. The van der Waals surface area contributed by atoms with Crippen molar-refractivity contribution in [3.63, 3.8) is 0 Å². The normalized spacial score (nSPS) is 18.8. The van der Waals surface area contributed by atoms with Gasteiger partial charge in [-0.25, -0.2) is 19.8 Å². The highest BCUT2D eigenvalue weighted by atomic mass is 16.2. The third kappa shape index (κ3) is 5.02. The minimum absolute atomic E-state index is 0.0683. The van der Waals surface area contributed by atoms with E-state index >= 15 is 0 Å². The van der Waals surface area contributed by atoms with E-state index in [0.717, 1.165) is 15.4 Å². The quantitative estimate of drug-likeness (QED) is 0.535. The SMILES string of the molecule is CC(=O)C[C@@H](C=O)NC(=O)[C@@H]1CCCN2C(=O)CCN(NC(=O)c3nccc4ccccc34)C(=O)N12. The number of benzene rings is 1.